The molecule has 1 saturated heterocycles. The van der Waals surface area contributed by atoms with Crippen molar-refractivity contribution in [1.29, 1.82) is 0 Å². The van der Waals surface area contributed by atoms with Crippen LogP contribution < -0.4 is 0 Å². The molecule has 2 atom stereocenters. The van der Waals surface area contributed by atoms with E-state index in [-0.39, 0.29) is 0 Å². The van der Waals surface area contributed by atoms with Crippen molar-refractivity contribution in [3.05, 3.63) is 35.6 Å². The SMILES string of the molecule is Cc1ccc2oc(C(O)CCC3CCCCO3)cc2c1. The van der Waals surface area contributed by atoms with Crippen LogP contribution >= 0.6 is 0 Å². The standard InChI is InChI=1S/C17H22O3/c1-12-5-8-16-13(10-12)11-17(20-16)15(18)7-6-14-4-2-3-9-19-14/h5,8,10-11,14-15,18H,2-4,6-7,9H2,1H3. The Balaban J connectivity index is 1.64. The second-order valence-electron chi connectivity index (χ2n) is 5.77. The van der Waals surface area contributed by atoms with Crippen LogP contribution in [-0.2, 0) is 4.74 Å². The number of ether oxygens (including phenoxy) is 1. The van der Waals surface area contributed by atoms with Crippen LogP contribution in [0.4, 0.5) is 0 Å². The first kappa shape index (κ1) is 13.7. The molecule has 0 bridgehead atoms. The molecule has 0 radical (unpaired) electrons. The first-order valence-corrected chi connectivity index (χ1v) is 7.52. The summed E-state index contributed by atoms with van der Waals surface area (Å²) < 4.78 is 11.4. The van der Waals surface area contributed by atoms with E-state index in [1.165, 1.54) is 18.4 Å². The maximum absolute atomic E-state index is 10.3. The third-order valence-electron chi connectivity index (χ3n) is 4.06. The van der Waals surface area contributed by atoms with E-state index in [0.717, 1.165) is 30.4 Å². The Bertz CT molecular complexity index is 567. The zero-order valence-corrected chi connectivity index (χ0v) is 12.0. The molecule has 2 unspecified atom stereocenters. The van der Waals surface area contributed by atoms with Gasteiger partial charge in [0.2, 0.25) is 0 Å². The van der Waals surface area contributed by atoms with Gasteiger partial charge in [0.25, 0.3) is 0 Å². The van der Waals surface area contributed by atoms with Crippen molar-refractivity contribution in [2.24, 2.45) is 0 Å². The van der Waals surface area contributed by atoms with Gasteiger partial charge in [0.1, 0.15) is 17.4 Å². The summed E-state index contributed by atoms with van der Waals surface area (Å²) in [5, 5.41) is 11.3. The number of rotatable bonds is 4. The summed E-state index contributed by atoms with van der Waals surface area (Å²) in [5.41, 5.74) is 2.05. The maximum Gasteiger partial charge on any atom is 0.134 e. The number of aliphatic hydroxyl groups is 1. The maximum atomic E-state index is 10.3. The summed E-state index contributed by atoms with van der Waals surface area (Å²) in [6, 6.07) is 8.02. The average molecular weight is 274 g/mol. The molecule has 0 amide bonds. The Morgan fingerprint density at radius 1 is 1.30 bits per heavy atom. The Kier molecular flexibility index (Phi) is 4.08. The van der Waals surface area contributed by atoms with Crippen molar-refractivity contribution >= 4 is 11.0 Å². The van der Waals surface area contributed by atoms with Crippen molar-refractivity contribution in [1.82, 2.24) is 0 Å². The summed E-state index contributed by atoms with van der Waals surface area (Å²) in [6.45, 7) is 2.92. The van der Waals surface area contributed by atoms with Gasteiger partial charge < -0.3 is 14.3 Å². The minimum absolute atomic E-state index is 0.310. The lowest BCUT2D eigenvalue weighted by Crippen LogP contribution is -2.19. The number of aliphatic hydroxyl groups excluding tert-OH is 1. The van der Waals surface area contributed by atoms with E-state index >= 15 is 0 Å². The number of hydrogen-bond acceptors (Lipinski definition) is 3. The zero-order chi connectivity index (χ0) is 13.9. The number of furan rings is 1. The van der Waals surface area contributed by atoms with E-state index in [1.807, 2.05) is 18.2 Å². The Morgan fingerprint density at radius 3 is 3.00 bits per heavy atom. The molecule has 1 aromatic carbocycles. The smallest absolute Gasteiger partial charge is 0.134 e. The fraction of sp³-hybridized carbons (Fsp3) is 0.529. The largest absolute Gasteiger partial charge is 0.458 e. The molecule has 1 fully saturated rings. The molecule has 1 aliphatic heterocycles. The Morgan fingerprint density at radius 2 is 2.20 bits per heavy atom. The molecule has 1 aromatic heterocycles. The lowest BCUT2D eigenvalue weighted by molar-refractivity contribution is 0.000745. The summed E-state index contributed by atoms with van der Waals surface area (Å²) in [7, 11) is 0. The van der Waals surface area contributed by atoms with Crippen molar-refractivity contribution in [2.75, 3.05) is 6.61 Å². The Hall–Kier alpha value is -1.32. The van der Waals surface area contributed by atoms with Gasteiger partial charge in [-0.25, -0.2) is 0 Å². The molecular formula is C17H22O3. The highest BCUT2D eigenvalue weighted by Gasteiger charge is 2.18. The summed E-state index contributed by atoms with van der Waals surface area (Å²) in [5.74, 6) is 0.668. The molecule has 3 nitrogen and oxygen atoms in total. The molecule has 1 aliphatic rings. The van der Waals surface area contributed by atoms with E-state index in [0.29, 0.717) is 18.3 Å². The third-order valence-corrected chi connectivity index (χ3v) is 4.06. The highest BCUT2D eigenvalue weighted by molar-refractivity contribution is 5.78. The summed E-state index contributed by atoms with van der Waals surface area (Å²) >= 11 is 0. The molecule has 2 aromatic rings. The molecule has 108 valence electrons. The minimum atomic E-state index is -0.534. The van der Waals surface area contributed by atoms with Crippen LogP contribution in [0.3, 0.4) is 0 Å². The van der Waals surface area contributed by atoms with Gasteiger partial charge in [0.05, 0.1) is 6.10 Å². The summed E-state index contributed by atoms with van der Waals surface area (Å²) in [4.78, 5) is 0. The molecule has 1 N–H and O–H groups in total. The van der Waals surface area contributed by atoms with Gasteiger partial charge in [-0.1, -0.05) is 11.6 Å². The number of benzene rings is 1. The molecule has 3 heteroatoms. The van der Waals surface area contributed by atoms with Gasteiger partial charge in [-0.2, -0.15) is 0 Å². The van der Waals surface area contributed by atoms with Gasteiger partial charge in [0.15, 0.2) is 0 Å². The van der Waals surface area contributed by atoms with Crippen LogP contribution in [0.25, 0.3) is 11.0 Å². The van der Waals surface area contributed by atoms with Gasteiger partial charge in [-0.05, 0) is 57.2 Å². The highest BCUT2D eigenvalue weighted by atomic mass is 16.5. The molecule has 20 heavy (non-hydrogen) atoms. The first-order chi connectivity index (χ1) is 9.72. The van der Waals surface area contributed by atoms with Crippen molar-refractivity contribution in [3.63, 3.8) is 0 Å². The zero-order valence-electron chi connectivity index (χ0n) is 12.0. The topological polar surface area (TPSA) is 42.6 Å². The van der Waals surface area contributed by atoms with E-state index in [9.17, 15) is 5.11 Å². The summed E-state index contributed by atoms with van der Waals surface area (Å²) in [6.07, 6.45) is 4.90. The van der Waals surface area contributed by atoms with E-state index in [2.05, 4.69) is 13.0 Å². The van der Waals surface area contributed by atoms with Crippen LogP contribution in [0.1, 0.15) is 49.5 Å². The van der Waals surface area contributed by atoms with Crippen molar-refractivity contribution < 1.29 is 14.3 Å². The van der Waals surface area contributed by atoms with E-state index in [4.69, 9.17) is 9.15 Å². The minimum Gasteiger partial charge on any atom is -0.458 e. The number of aryl methyl sites for hydroxylation is 1. The van der Waals surface area contributed by atoms with Crippen molar-refractivity contribution in [3.8, 4) is 0 Å². The van der Waals surface area contributed by atoms with Crippen LogP contribution in [-0.4, -0.2) is 17.8 Å². The van der Waals surface area contributed by atoms with Gasteiger partial charge in [0, 0.05) is 12.0 Å². The van der Waals surface area contributed by atoms with E-state index in [1.54, 1.807) is 0 Å². The molecule has 0 saturated carbocycles. The van der Waals surface area contributed by atoms with E-state index < -0.39 is 6.10 Å². The third kappa shape index (κ3) is 3.05. The molecule has 3 rings (SSSR count). The normalized spacial score (nSPS) is 21.2. The first-order valence-electron chi connectivity index (χ1n) is 7.52. The van der Waals surface area contributed by atoms with Crippen LogP contribution in [0.2, 0.25) is 0 Å². The molecule has 0 spiro atoms. The van der Waals surface area contributed by atoms with Crippen LogP contribution in [0.5, 0.6) is 0 Å². The lowest BCUT2D eigenvalue weighted by Gasteiger charge is -2.23. The van der Waals surface area contributed by atoms with Gasteiger partial charge in [-0.3, -0.25) is 0 Å². The fourth-order valence-corrected chi connectivity index (χ4v) is 2.87. The second kappa shape index (κ2) is 5.98. The Labute approximate surface area is 119 Å². The van der Waals surface area contributed by atoms with Crippen LogP contribution in [0.15, 0.2) is 28.7 Å². The second-order valence-corrected chi connectivity index (χ2v) is 5.77. The van der Waals surface area contributed by atoms with Crippen LogP contribution in [0, 0.1) is 6.92 Å². The monoisotopic (exact) mass is 274 g/mol. The quantitative estimate of drug-likeness (QED) is 0.911. The predicted molar refractivity (Wildman–Crippen MR) is 78.7 cm³/mol. The number of hydrogen-bond donors (Lipinski definition) is 1. The molecule has 0 aliphatic carbocycles. The fourth-order valence-electron chi connectivity index (χ4n) is 2.87. The number of fused-ring (bicyclic) bond motifs is 1. The highest BCUT2D eigenvalue weighted by Crippen LogP contribution is 2.28. The molecule has 2 heterocycles. The lowest BCUT2D eigenvalue weighted by atomic mass is 10.0. The van der Waals surface area contributed by atoms with Gasteiger partial charge >= 0.3 is 0 Å². The van der Waals surface area contributed by atoms with Gasteiger partial charge in [-0.15, -0.1) is 0 Å². The molecular weight excluding hydrogens is 252 g/mol. The van der Waals surface area contributed by atoms with Crippen molar-refractivity contribution in [2.45, 2.75) is 51.2 Å². The average Bonchev–Trinajstić information content (AvgIpc) is 2.89. The predicted octanol–water partition coefficient (Wildman–Crippen LogP) is 4.12.